The summed E-state index contributed by atoms with van der Waals surface area (Å²) in [6.07, 6.45) is 5.13. The van der Waals surface area contributed by atoms with Gasteiger partial charge in [0, 0.05) is 38.2 Å². The molecular weight excluding hydrogens is 374 g/mol. The van der Waals surface area contributed by atoms with Crippen molar-refractivity contribution in [3.63, 3.8) is 0 Å². The van der Waals surface area contributed by atoms with E-state index in [9.17, 15) is 9.59 Å². The van der Waals surface area contributed by atoms with E-state index in [4.69, 9.17) is 9.47 Å². The van der Waals surface area contributed by atoms with Gasteiger partial charge in [0.15, 0.2) is 0 Å². The average molecular weight is 401 g/mol. The van der Waals surface area contributed by atoms with Gasteiger partial charge in [0.05, 0.1) is 30.8 Å². The first-order chi connectivity index (χ1) is 14.2. The van der Waals surface area contributed by atoms with Crippen molar-refractivity contribution < 1.29 is 19.1 Å². The molecule has 0 bridgehead atoms. The number of nitrogens with zero attached hydrogens (tertiary/aromatic N) is 3. The van der Waals surface area contributed by atoms with E-state index in [1.165, 1.54) is 0 Å². The largest absolute Gasteiger partial charge is 0.492 e. The Hall–Kier alpha value is -3.10. The van der Waals surface area contributed by atoms with E-state index in [1.807, 2.05) is 23.1 Å². The number of carbonyl (C=O) groups excluding carboxylic acids is 2. The maximum absolute atomic E-state index is 12.4. The molecule has 0 spiro atoms. The summed E-state index contributed by atoms with van der Waals surface area (Å²) in [5.74, 6) is 1.02. The maximum atomic E-state index is 12.4. The fourth-order valence-corrected chi connectivity index (χ4v) is 3.28. The molecule has 2 N–H and O–H groups in total. The molecule has 0 radical (unpaired) electrons. The van der Waals surface area contributed by atoms with Crippen LogP contribution < -0.4 is 10.1 Å². The molecule has 29 heavy (non-hydrogen) atoms. The predicted molar refractivity (Wildman–Crippen MR) is 106 cm³/mol. The Morgan fingerprint density at radius 1 is 1.34 bits per heavy atom. The van der Waals surface area contributed by atoms with Crippen molar-refractivity contribution in [2.45, 2.75) is 26.2 Å². The summed E-state index contributed by atoms with van der Waals surface area (Å²) in [6, 6.07) is 5.63. The van der Waals surface area contributed by atoms with Crippen LogP contribution in [0.15, 0.2) is 30.6 Å². The van der Waals surface area contributed by atoms with Crippen molar-refractivity contribution in [2.24, 2.45) is 5.92 Å². The molecule has 3 rings (SSSR count). The lowest BCUT2D eigenvalue weighted by atomic mass is 9.98. The molecule has 1 aliphatic rings. The third-order valence-corrected chi connectivity index (χ3v) is 4.75. The van der Waals surface area contributed by atoms with Crippen LogP contribution in [-0.4, -0.2) is 64.9 Å². The molecule has 2 amide bonds. The monoisotopic (exact) mass is 401 g/mol. The van der Waals surface area contributed by atoms with Crippen LogP contribution in [0.5, 0.6) is 5.75 Å². The zero-order chi connectivity index (χ0) is 20.5. The van der Waals surface area contributed by atoms with E-state index < -0.39 is 6.09 Å². The molecular formula is C20H27N5O4. The van der Waals surface area contributed by atoms with E-state index in [0.717, 1.165) is 30.8 Å². The summed E-state index contributed by atoms with van der Waals surface area (Å²) in [6.45, 7) is 4.28. The fourth-order valence-electron chi connectivity index (χ4n) is 3.28. The molecule has 3 heterocycles. The molecule has 1 aliphatic heterocycles. The zero-order valence-corrected chi connectivity index (χ0v) is 16.6. The van der Waals surface area contributed by atoms with Gasteiger partial charge < -0.3 is 19.7 Å². The third kappa shape index (κ3) is 6.20. The molecule has 1 saturated heterocycles. The van der Waals surface area contributed by atoms with E-state index in [0.29, 0.717) is 25.5 Å². The summed E-state index contributed by atoms with van der Waals surface area (Å²) in [4.78, 5) is 29.9. The second-order valence-electron chi connectivity index (χ2n) is 6.91. The lowest BCUT2D eigenvalue weighted by Gasteiger charge is -2.32. The van der Waals surface area contributed by atoms with Crippen molar-refractivity contribution in [1.82, 2.24) is 25.4 Å². The van der Waals surface area contributed by atoms with Gasteiger partial charge in [-0.3, -0.25) is 14.9 Å². The Morgan fingerprint density at radius 2 is 2.24 bits per heavy atom. The van der Waals surface area contributed by atoms with Crippen LogP contribution in [0.4, 0.5) is 4.79 Å². The normalized spacial score (nSPS) is 16.3. The predicted octanol–water partition coefficient (Wildman–Crippen LogP) is 2.23. The first kappa shape index (κ1) is 20.6. The second kappa shape index (κ2) is 10.4. The number of hydrogen-bond donors (Lipinski definition) is 2. The molecule has 1 atom stereocenters. The van der Waals surface area contributed by atoms with Gasteiger partial charge in [-0.05, 0) is 38.0 Å². The van der Waals surface area contributed by atoms with Crippen LogP contribution >= 0.6 is 0 Å². The smallest absolute Gasteiger partial charge is 0.407 e. The quantitative estimate of drug-likeness (QED) is 0.702. The van der Waals surface area contributed by atoms with E-state index in [-0.39, 0.29) is 24.8 Å². The molecule has 9 heteroatoms. The molecule has 2 aromatic rings. The second-order valence-corrected chi connectivity index (χ2v) is 6.91. The Morgan fingerprint density at radius 3 is 2.97 bits per heavy atom. The van der Waals surface area contributed by atoms with Gasteiger partial charge in [0.2, 0.25) is 5.91 Å². The zero-order valence-electron chi connectivity index (χ0n) is 16.6. The van der Waals surface area contributed by atoms with Crippen LogP contribution in [0.2, 0.25) is 0 Å². The number of rotatable bonds is 8. The number of piperidine rings is 1. The number of ether oxygens (including phenoxy) is 2. The highest BCUT2D eigenvalue weighted by Crippen LogP contribution is 2.21. The highest BCUT2D eigenvalue weighted by atomic mass is 16.5. The van der Waals surface area contributed by atoms with Crippen LogP contribution in [0.1, 0.15) is 26.2 Å². The van der Waals surface area contributed by atoms with Crippen molar-refractivity contribution in [2.75, 3.05) is 32.8 Å². The van der Waals surface area contributed by atoms with Crippen molar-refractivity contribution in [3.8, 4) is 17.1 Å². The number of aromatic amines is 1. The van der Waals surface area contributed by atoms with E-state index in [2.05, 4.69) is 20.5 Å². The summed E-state index contributed by atoms with van der Waals surface area (Å²) in [5.41, 5.74) is 1.66. The van der Waals surface area contributed by atoms with Gasteiger partial charge >= 0.3 is 6.09 Å². The number of likely N-dealkylation sites (tertiary alicyclic amines) is 1. The number of hydrogen-bond acceptors (Lipinski definition) is 6. The molecule has 0 aliphatic carbocycles. The molecule has 1 fully saturated rings. The Balaban J connectivity index is 1.41. The van der Waals surface area contributed by atoms with Crippen molar-refractivity contribution >= 4 is 12.0 Å². The van der Waals surface area contributed by atoms with Gasteiger partial charge in [-0.25, -0.2) is 4.79 Å². The fraction of sp³-hybridized carbons (Fsp3) is 0.500. The van der Waals surface area contributed by atoms with Gasteiger partial charge in [0.1, 0.15) is 5.75 Å². The minimum atomic E-state index is -0.489. The first-order valence-electron chi connectivity index (χ1n) is 9.92. The summed E-state index contributed by atoms with van der Waals surface area (Å²) in [7, 11) is 0. The van der Waals surface area contributed by atoms with Crippen molar-refractivity contribution in [3.05, 3.63) is 30.6 Å². The number of pyridine rings is 1. The van der Waals surface area contributed by atoms with E-state index in [1.54, 1.807) is 19.3 Å². The van der Waals surface area contributed by atoms with Gasteiger partial charge in [-0.15, -0.1) is 0 Å². The Kier molecular flexibility index (Phi) is 7.43. The number of H-pyrrole nitrogens is 1. The number of aromatic nitrogens is 3. The number of alkyl carbamates (subject to hydrolysis) is 1. The standard InChI is InChI=1S/C20H27N5O4/c1-2-28-20(27)21-9-8-19(26)25-11-3-4-15(13-25)14-29-16-5-6-17(22-12-16)18-7-10-23-24-18/h5-7,10,12,15H,2-4,8-9,11,13-14H2,1H3,(H,21,27)(H,23,24)/t15-/m1/s1. The highest BCUT2D eigenvalue weighted by Gasteiger charge is 2.24. The summed E-state index contributed by atoms with van der Waals surface area (Å²) >= 11 is 0. The maximum Gasteiger partial charge on any atom is 0.407 e. The Labute approximate surface area is 169 Å². The molecule has 9 nitrogen and oxygen atoms in total. The first-order valence-corrected chi connectivity index (χ1v) is 9.92. The topological polar surface area (TPSA) is 109 Å². The molecule has 0 saturated carbocycles. The van der Waals surface area contributed by atoms with Crippen molar-refractivity contribution in [1.29, 1.82) is 0 Å². The number of amides is 2. The average Bonchev–Trinajstić information content (AvgIpc) is 3.28. The molecule has 0 unspecified atom stereocenters. The van der Waals surface area contributed by atoms with Gasteiger partial charge in [0.25, 0.3) is 0 Å². The van der Waals surface area contributed by atoms with Crippen LogP contribution in [0.25, 0.3) is 11.4 Å². The molecule has 0 aromatic carbocycles. The Bertz CT molecular complexity index is 779. The summed E-state index contributed by atoms with van der Waals surface area (Å²) < 4.78 is 10.7. The lowest BCUT2D eigenvalue weighted by Crippen LogP contribution is -2.42. The molecule has 2 aromatic heterocycles. The van der Waals surface area contributed by atoms with Crippen LogP contribution in [-0.2, 0) is 9.53 Å². The third-order valence-electron chi connectivity index (χ3n) is 4.75. The number of nitrogens with one attached hydrogen (secondary N) is 2. The molecule has 156 valence electrons. The SMILES string of the molecule is CCOC(=O)NCCC(=O)N1CCC[C@@H](COc2ccc(-c3ccn[nH]3)nc2)C1. The minimum absolute atomic E-state index is 0.0390. The highest BCUT2D eigenvalue weighted by molar-refractivity contribution is 5.77. The van der Waals surface area contributed by atoms with Crippen LogP contribution in [0, 0.1) is 5.92 Å². The van der Waals surface area contributed by atoms with Crippen LogP contribution in [0.3, 0.4) is 0 Å². The minimum Gasteiger partial charge on any atom is -0.492 e. The lowest BCUT2D eigenvalue weighted by molar-refractivity contribution is -0.133. The van der Waals surface area contributed by atoms with E-state index >= 15 is 0 Å². The van der Waals surface area contributed by atoms with Gasteiger partial charge in [-0.2, -0.15) is 5.10 Å². The van der Waals surface area contributed by atoms with Gasteiger partial charge in [-0.1, -0.05) is 0 Å². The number of carbonyl (C=O) groups is 2. The summed E-state index contributed by atoms with van der Waals surface area (Å²) in [5, 5.41) is 9.38.